The number of hydrogen-bond acceptors (Lipinski definition) is 4. The maximum absolute atomic E-state index is 11.9. The number of carbonyl (C=O) groups excluding carboxylic acids is 2. The Morgan fingerprint density at radius 1 is 1.45 bits per heavy atom. The van der Waals surface area contributed by atoms with Crippen LogP contribution in [0.4, 0.5) is 0 Å². The van der Waals surface area contributed by atoms with E-state index in [1.165, 1.54) is 14.0 Å². The van der Waals surface area contributed by atoms with Gasteiger partial charge in [-0.25, -0.2) is 4.79 Å². The molecule has 0 saturated carbocycles. The first kappa shape index (κ1) is 15.8. The van der Waals surface area contributed by atoms with Crippen molar-refractivity contribution in [2.45, 2.75) is 20.0 Å². The van der Waals surface area contributed by atoms with Gasteiger partial charge in [0.05, 0.1) is 12.7 Å². The normalized spacial score (nSPS) is 11.3. The zero-order valence-corrected chi connectivity index (χ0v) is 11.9. The molecule has 20 heavy (non-hydrogen) atoms. The topological polar surface area (TPSA) is 64.6 Å². The molecule has 5 heteroatoms. The van der Waals surface area contributed by atoms with Gasteiger partial charge in [0.15, 0.2) is 6.10 Å². The Labute approximate surface area is 118 Å². The molecule has 0 unspecified atom stereocenters. The molecular formula is C15H19NO4. The molecule has 0 fully saturated rings. The predicted molar refractivity (Wildman–Crippen MR) is 75.8 cm³/mol. The molecule has 1 aromatic carbocycles. The quantitative estimate of drug-likeness (QED) is 0.636. The second-order valence-electron chi connectivity index (χ2n) is 4.27. The first-order valence-electron chi connectivity index (χ1n) is 6.23. The van der Waals surface area contributed by atoms with Gasteiger partial charge in [0, 0.05) is 6.54 Å². The summed E-state index contributed by atoms with van der Waals surface area (Å²) in [6.45, 7) is 7.21. The van der Waals surface area contributed by atoms with Crippen molar-refractivity contribution in [1.82, 2.24) is 5.32 Å². The van der Waals surface area contributed by atoms with Crippen LogP contribution in [-0.4, -0.2) is 31.6 Å². The van der Waals surface area contributed by atoms with E-state index in [4.69, 9.17) is 9.47 Å². The summed E-state index contributed by atoms with van der Waals surface area (Å²) in [5.41, 5.74) is 1.26. The van der Waals surface area contributed by atoms with Crippen molar-refractivity contribution in [1.29, 1.82) is 0 Å². The van der Waals surface area contributed by atoms with E-state index in [1.54, 1.807) is 24.3 Å². The highest BCUT2D eigenvalue weighted by atomic mass is 16.5. The highest BCUT2D eigenvalue weighted by Gasteiger charge is 2.18. The van der Waals surface area contributed by atoms with Gasteiger partial charge in [-0.3, -0.25) is 4.79 Å². The fourth-order valence-corrected chi connectivity index (χ4v) is 1.55. The minimum atomic E-state index is -0.866. The SMILES string of the molecule is C=CCNC(=O)[C@@H](C)OC(=O)c1ccc(C)c(OC)c1. The van der Waals surface area contributed by atoms with Gasteiger partial charge < -0.3 is 14.8 Å². The van der Waals surface area contributed by atoms with Crippen LogP contribution in [0, 0.1) is 6.92 Å². The smallest absolute Gasteiger partial charge is 0.339 e. The highest BCUT2D eigenvalue weighted by Crippen LogP contribution is 2.19. The molecule has 0 spiro atoms. The van der Waals surface area contributed by atoms with Crippen molar-refractivity contribution >= 4 is 11.9 Å². The molecule has 5 nitrogen and oxygen atoms in total. The average Bonchev–Trinajstić information content (AvgIpc) is 2.44. The molecule has 108 valence electrons. The lowest BCUT2D eigenvalue weighted by atomic mass is 10.1. The van der Waals surface area contributed by atoms with Gasteiger partial charge in [0.2, 0.25) is 0 Å². The number of benzene rings is 1. The van der Waals surface area contributed by atoms with Crippen LogP contribution in [0.1, 0.15) is 22.8 Å². The molecule has 1 aromatic rings. The number of esters is 1. The van der Waals surface area contributed by atoms with Crippen LogP contribution >= 0.6 is 0 Å². The van der Waals surface area contributed by atoms with E-state index in [0.29, 0.717) is 17.9 Å². The summed E-state index contributed by atoms with van der Waals surface area (Å²) in [6, 6.07) is 4.98. The standard InChI is InChI=1S/C15H19NO4/c1-5-8-16-14(17)11(3)20-15(18)12-7-6-10(2)13(9-12)19-4/h5-7,9,11H,1,8H2,2-4H3,(H,16,17)/t11-/m1/s1. The second kappa shape index (κ2) is 7.33. The van der Waals surface area contributed by atoms with E-state index >= 15 is 0 Å². The van der Waals surface area contributed by atoms with E-state index < -0.39 is 12.1 Å². The van der Waals surface area contributed by atoms with Crippen molar-refractivity contribution in [3.05, 3.63) is 42.0 Å². The summed E-state index contributed by atoms with van der Waals surface area (Å²) >= 11 is 0. The number of aryl methyl sites for hydroxylation is 1. The van der Waals surface area contributed by atoms with Gasteiger partial charge in [-0.05, 0) is 31.5 Å². The van der Waals surface area contributed by atoms with E-state index in [1.807, 2.05) is 6.92 Å². The fourth-order valence-electron chi connectivity index (χ4n) is 1.55. The Morgan fingerprint density at radius 3 is 2.75 bits per heavy atom. The Bertz CT molecular complexity index is 511. The van der Waals surface area contributed by atoms with Gasteiger partial charge in [0.25, 0.3) is 5.91 Å². The Balaban J connectivity index is 2.71. The van der Waals surface area contributed by atoms with Crippen molar-refractivity contribution in [3.8, 4) is 5.75 Å². The molecule has 0 radical (unpaired) electrons. The van der Waals surface area contributed by atoms with E-state index in [0.717, 1.165) is 5.56 Å². The van der Waals surface area contributed by atoms with E-state index in [9.17, 15) is 9.59 Å². The van der Waals surface area contributed by atoms with Crippen molar-refractivity contribution in [3.63, 3.8) is 0 Å². The molecule has 1 N–H and O–H groups in total. The van der Waals surface area contributed by atoms with Gasteiger partial charge in [-0.15, -0.1) is 6.58 Å². The molecule has 1 rings (SSSR count). The lowest BCUT2D eigenvalue weighted by Crippen LogP contribution is -2.35. The summed E-state index contributed by atoms with van der Waals surface area (Å²) < 4.78 is 10.2. The Morgan fingerprint density at radius 2 is 2.15 bits per heavy atom. The molecule has 0 bridgehead atoms. The van der Waals surface area contributed by atoms with Gasteiger partial charge >= 0.3 is 5.97 Å². The Hall–Kier alpha value is -2.30. The lowest BCUT2D eigenvalue weighted by molar-refractivity contribution is -0.128. The van der Waals surface area contributed by atoms with Crippen LogP contribution in [0.3, 0.4) is 0 Å². The minimum Gasteiger partial charge on any atom is -0.496 e. The van der Waals surface area contributed by atoms with E-state index in [-0.39, 0.29) is 5.91 Å². The third kappa shape index (κ3) is 4.12. The van der Waals surface area contributed by atoms with Crippen molar-refractivity contribution in [2.24, 2.45) is 0 Å². The minimum absolute atomic E-state index is 0.332. The van der Waals surface area contributed by atoms with Crippen LogP contribution in [0.2, 0.25) is 0 Å². The number of methoxy groups -OCH3 is 1. The summed E-state index contributed by atoms with van der Waals surface area (Å²) in [5.74, 6) is -0.329. The zero-order chi connectivity index (χ0) is 15.1. The van der Waals surface area contributed by atoms with Gasteiger partial charge in [0.1, 0.15) is 5.75 Å². The molecule has 0 saturated heterocycles. The number of hydrogen-bond donors (Lipinski definition) is 1. The number of rotatable bonds is 6. The number of nitrogens with one attached hydrogen (secondary N) is 1. The van der Waals surface area contributed by atoms with Gasteiger partial charge in [-0.1, -0.05) is 12.1 Å². The predicted octanol–water partition coefficient (Wildman–Crippen LogP) is 1.85. The molecule has 0 aliphatic carbocycles. The van der Waals surface area contributed by atoms with Crippen molar-refractivity contribution < 1.29 is 19.1 Å². The molecule has 0 aromatic heterocycles. The molecule has 0 aliphatic heterocycles. The maximum Gasteiger partial charge on any atom is 0.339 e. The summed E-state index contributed by atoms with van der Waals surface area (Å²) in [6.07, 6.45) is 0.687. The Kier molecular flexibility index (Phi) is 5.77. The van der Waals surface area contributed by atoms with Crippen LogP contribution in [0.25, 0.3) is 0 Å². The van der Waals surface area contributed by atoms with Gasteiger partial charge in [-0.2, -0.15) is 0 Å². The van der Waals surface area contributed by atoms with Crippen molar-refractivity contribution in [2.75, 3.05) is 13.7 Å². The average molecular weight is 277 g/mol. The fraction of sp³-hybridized carbons (Fsp3) is 0.333. The number of amides is 1. The maximum atomic E-state index is 11.9. The number of ether oxygens (including phenoxy) is 2. The monoisotopic (exact) mass is 277 g/mol. The molecular weight excluding hydrogens is 258 g/mol. The second-order valence-corrected chi connectivity index (χ2v) is 4.27. The van der Waals surface area contributed by atoms with Crippen LogP contribution in [0.5, 0.6) is 5.75 Å². The third-order valence-corrected chi connectivity index (χ3v) is 2.72. The zero-order valence-electron chi connectivity index (χ0n) is 11.9. The molecule has 1 atom stereocenters. The first-order chi connectivity index (χ1) is 9.49. The highest BCUT2D eigenvalue weighted by molar-refractivity contribution is 5.92. The van der Waals surface area contributed by atoms with E-state index in [2.05, 4.69) is 11.9 Å². The summed E-state index contributed by atoms with van der Waals surface area (Å²) in [4.78, 5) is 23.5. The first-order valence-corrected chi connectivity index (χ1v) is 6.23. The van der Waals surface area contributed by atoms with Crippen LogP contribution in [-0.2, 0) is 9.53 Å². The summed E-state index contributed by atoms with van der Waals surface area (Å²) in [7, 11) is 1.53. The van der Waals surface area contributed by atoms with Crippen LogP contribution < -0.4 is 10.1 Å². The van der Waals surface area contributed by atoms with Crippen LogP contribution in [0.15, 0.2) is 30.9 Å². The largest absolute Gasteiger partial charge is 0.496 e. The molecule has 0 heterocycles. The molecule has 0 aliphatic rings. The lowest BCUT2D eigenvalue weighted by Gasteiger charge is -2.13. The molecule has 1 amide bonds. The summed E-state index contributed by atoms with van der Waals surface area (Å²) in [5, 5.41) is 2.56. The third-order valence-electron chi connectivity index (χ3n) is 2.72. The number of carbonyl (C=O) groups is 2.